The van der Waals surface area contributed by atoms with Gasteiger partial charge in [0.05, 0.1) is 17.0 Å². The Morgan fingerprint density at radius 1 is 1.21 bits per heavy atom. The molecule has 128 valence electrons. The Morgan fingerprint density at radius 3 is 2.62 bits per heavy atom. The molecular formula is C18H21NO4S. The van der Waals surface area contributed by atoms with Gasteiger partial charge in [-0.05, 0) is 25.5 Å². The van der Waals surface area contributed by atoms with Gasteiger partial charge in [-0.1, -0.05) is 30.3 Å². The molecule has 1 unspecified atom stereocenters. The molecule has 0 radical (unpaired) electrons. The van der Waals surface area contributed by atoms with Crippen LogP contribution in [-0.2, 0) is 21.1 Å². The maximum Gasteiger partial charge on any atom is 0.220 e. The van der Waals surface area contributed by atoms with Crippen LogP contribution in [0.4, 0.5) is 0 Å². The van der Waals surface area contributed by atoms with E-state index in [1.165, 1.54) is 0 Å². The molecule has 1 aromatic carbocycles. The third-order valence-electron chi connectivity index (χ3n) is 4.26. The number of hydrogen-bond acceptors (Lipinski definition) is 4. The zero-order valence-electron chi connectivity index (χ0n) is 13.6. The monoisotopic (exact) mass is 347 g/mol. The zero-order valence-corrected chi connectivity index (χ0v) is 14.4. The minimum Gasteiger partial charge on any atom is -0.461 e. The van der Waals surface area contributed by atoms with Crippen LogP contribution in [0.3, 0.4) is 0 Å². The maximum absolute atomic E-state index is 12.1. The Labute approximate surface area is 142 Å². The van der Waals surface area contributed by atoms with Gasteiger partial charge in [0, 0.05) is 18.4 Å². The standard InChI is InChI=1S/C18H21NO4S/c1-18(11-12-24(21,22)13-18)19-17(20)10-8-15-7-9-16(23-15)14-5-3-2-4-6-14/h2-7,9H,8,10-13H2,1H3,(H,19,20). The zero-order chi connectivity index (χ0) is 17.2. The third kappa shape index (κ3) is 4.06. The van der Waals surface area contributed by atoms with Crippen molar-refractivity contribution in [1.29, 1.82) is 0 Å². The first-order valence-corrected chi connectivity index (χ1v) is 9.83. The van der Waals surface area contributed by atoms with E-state index >= 15 is 0 Å². The van der Waals surface area contributed by atoms with Crippen molar-refractivity contribution < 1.29 is 17.6 Å². The molecule has 1 atom stereocenters. The van der Waals surface area contributed by atoms with Crippen LogP contribution >= 0.6 is 0 Å². The van der Waals surface area contributed by atoms with E-state index in [9.17, 15) is 13.2 Å². The van der Waals surface area contributed by atoms with Crippen LogP contribution in [0.5, 0.6) is 0 Å². The SMILES string of the molecule is CC1(NC(=O)CCc2ccc(-c3ccccc3)o2)CCS(=O)(=O)C1. The van der Waals surface area contributed by atoms with E-state index in [2.05, 4.69) is 5.32 Å². The average Bonchev–Trinajstić information content (AvgIpc) is 3.10. The topological polar surface area (TPSA) is 76.4 Å². The Kier molecular flexibility index (Phi) is 4.49. The fourth-order valence-electron chi connectivity index (χ4n) is 3.01. The number of carbonyl (C=O) groups is 1. The summed E-state index contributed by atoms with van der Waals surface area (Å²) in [5.41, 5.74) is 0.353. The van der Waals surface area contributed by atoms with Crippen molar-refractivity contribution in [2.75, 3.05) is 11.5 Å². The predicted octanol–water partition coefficient (Wildman–Crippen LogP) is 2.57. The number of carbonyl (C=O) groups excluding carboxylic acids is 1. The van der Waals surface area contributed by atoms with Crippen LogP contribution < -0.4 is 5.32 Å². The molecule has 1 saturated heterocycles. The van der Waals surface area contributed by atoms with Gasteiger partial charge < -0.3 is 9.73 Å². The molecule has 3 rings (SSSR count). The highest BCUT2D eigenvalue weighted by atomic mass is 32.2. The Hall–Kier alpha value is -2.08. The van der Waals surface area contributed by atoms with Crippen LogP contribution in [0.25, 0.3) is 11.3 Å². The van der Waals surface area contributed by atoms with Crippen molar-refractivity contribution in [3.63, 3.8) is 0 Å². The Balaban J connectivity index is 1.55. The minimum absolute atomic E-state index is 0.0185. The summed E-state index contributed by atoms with van der Waals surface area (Å²) in [6.07, 6.45) is 1.23. The van der Waals surface area contributed by atoms with E-state index in [0.717, 1.165) is 17.1 Å². The summed E-state index contributed by atoms with van der Waals surface area (Å²) >= 11 is 0. The summed E-state index contributed by atoms with van der Waals surface area (Å²) in [6, 6.07) is 13.5. The highest BCUT2D eigenvalue weighted by molar-refractivity contribution is 7.91. The lowest BCUT2D eigenvalue weighted by molar-refractivity contribution is -0.122. The van der Waals surface area contributed by atoms with Crippen LogP contribution in [0.15, 0.2) is 46.9 Å². The smallest absolute Gasteiger partial charge is 0.220 e. The van der Waals surface area contributed by atoms with E-state index in [4.69, 9.17) is 4.42 Å². The number of furan rings is 1. The van der Waals surface area contributed by atoms with E-state index in [1.807, 2.05) is 42.5 Å². The summed E-state index contributed by atoms with van der Waals surface area (Å²) in [6.45, 7) is 1.79. The number of amides is 1. The van der Waals surface area contributed by atoms with Gasteiger partial charge in [0.25, 0.3) is 0 Å². The van der Waals surface area contributed by atoms with Crippen LogP contribution in [0, 0.1) is 0 Å². The third-order valence-corrected chi connectivity index (χ3v) is 6.17. The fraction of sp³-hybridized carbons (Fsp3) is 0.389. The first-order valence-electron chi connectivity index (χ1n) is 8.01. The van der Waals surface area contributed by atoms with Gasteiger partial charge in [-0.3, -0.25) is 4.79 Å². The number of rotatable bonds is 5. The largest absolute Gasteiger partial charge is 0.461 e. The van der Waals surface area contributed by atoms with Gasteiger partial charge in [0.1, 0.15) is 11.5 Å². The Morgan fingerprint density at radius 2 is 1.96 bits per heavy atom. The van der Waals surface area contributed by atoms with Crippen LogP contribution in [0.1, 0.15) is 25.5 Å². The number of hydrogen-bond donors (Lipinski definition) is 1. The van der Waals surface area contributed by atoms with Crippen molar-refractivity contribution in [3.8, 4) is 11.3 Å². The molecule has 0 bridgehead atoms. The lowest BCUT2D eigenvalue weighted by atomic mass is 10.0. The van der Waals surface area contributed by atoms with E-state index in [0.29, 0.717) is 12.8 Å². The quantitative estimate of drug-likeness (QED) is 0.902. The average molecular weight is 347 g/mol. The summed E-state index contributed by atoms with van der Waals surface area (Å²) in [4.78, 5) is 12.1. The maximum atomic E-state index is 12.1. The summed E-state index contributed by atoms with van der Waals surface area (Å²) in [7, 11) is -3.03. The summed E-state index contributed by atoms with van der Waals surface area (Å²) in [5, 5.41) is 2.86. The molecule has 0 aliphatic carbocycles. The second kappa shape index (κ2) is 6.43. The fourth-order valence-corrected chi connectivity index (χ4v) is 5.11. The van der Waals surface area contributed by atoms with Crippen molar-refractivity contribution >= 4 is 15.7 Å². The van der Waals surface area contributed by atoms with Gasteiger partial charge >= 0.3 is 0 Å². The van der Waals surface area contributed by atoms with Crippen molar-refractivity contribution in [3.05, 3.63) is 48.2 Å². The molecule has 1 aliphatic rings. The highest BCUT2D eigenvalue weighted by Gasteiger charge is 2.39. The molecule has 2 heterocycles. The molecule has 1 N–H and O–H groups in total. The molecule has 0 saturated carbocycles. The van der Waals surface area contributed by atoms with Gasteiger partial charge in [0.15, 0.2) is 9.84 Å². The molecule has 1 amide bonds. The number of benzene rings is 1. The van der Waals surface area contributed by atoms with Gasteiger partial charge in [-0.2, -0.15) is 0 Å². The molecular weight excluding hydrogens is 326 g/mol. The molecule has 1 aromatic heterocycles. The molecule has 2 aromatic rings. The minimum atomic E-state index is -3.03. The van der Waals surface area contributed by atoms with Crippen LogP contribution in [0.2, 0.25) is 0 Å². The first kappa shape index (κ1) is 16.8. The molecule has 1 aliphatic heterocycles. The van der Waals surface area contributed by atoms with Crippen molar-refractivity contribution in [2.24, 2.45) is 0 Å². The number of nitrogens with one attached hydrogen (secondary N) is 1. The normalized spacial score (nSPS) is 22.4. The first-order chi connectivity index (χ1) is 11.4. The summed E-state index contributed by atoms with van der Waals surface area (Å²) in [5.74, 6) is 1.54. The predicted molar refractivity (Wildman–Crippen MR) is 92.3 cm³/mol. The molecule has 5 nitrogen and oxygen atoms in total. The lowest BCUT2D eigenvalue weighted by Crippen LogP contribution is -2.46. The second-order valence-corrected chi connectivity index (χ2v) is 8.77. The molecule has 24 heavy (non-hydrogen) atoms. The van der Waals surface area contributed by atoms with E-state index < -0.39 is 15.4 Å². The van der Waals surface area contributed by atoms with E-state index in [1.54, 1.807) is 6.92 Å². The number of sulfone groups is 1. The van der Waals surface area contributed by atoms with Crippen LogP contribution in [-0.4, -0.2) is 31.4 Å². The van der Waals surface area contributed by atoms with E-state index in [-0.39, 0.29) is 23.8 Å². The Bertz CT molecular complexity index is 826. The number of aryl methyl sites for hydroxylation is 1. The van der Waals surface area contributed by atoms with Crippen molar-refractivity contribution in [2.45, 2.75) is 31.7 Å². The highest BCUT2D eigenvalue weighted by Crippen LogP contribution is 2.24. The van der Waals surface area contributed by atoms with Gasteiger partial charge in [-0.15, -0.1) is 0 Å². The second-order valence-electron chi connectivity index (χ2n) is 6.58. The molecule has 0 spiro atoms. The summed E-state index contributed by atoms with van der Waals surface area (Å²) < 4.78 is 28.9. The lowest BCUT2D eigenvalue weighted by Gasteiger charge is -2.23. The molecule has 6 heteroatoms. The van der Waals surface area contributed by atoms with Crippen molar-refractivity contribution in [1.82, 2.24) is 5.32 Å². The van der Waals surface area contributed by atoms with Gasteiger partial charge in [-0.25, -0.2) is 8.42 Å². The molecule has 1 fully saturated rings. The van der Waals surface area contributed by atoms with Gasteiger partial charge in [0.2, 0.25) is 5.91 Å².